The number of allylic oxidation sites excluding steroid dienone is 1. The molecule has 5 aromatic rings. The molecule has 1 aliphatic rings. The number of hydrogen-bond acceptors (Lipinski definition) is 6. The highest BCUT2D eigenvalue weighted by molar-refractivity contribution is 6.31. The van der Waals surface area contributed by atoms with Crippen molar-refractivity contribution in [2.45, 2.75) is 32.2 Å². The number of imidazole rings is 1. The summed E-state index contributed by atoms with van der Waals surface area (Å²) in [6.45, 7) is 1.97. The van der Waals surface area contributed by atoms with Crippen LogP contribution >= 0.6 is 11.6 Å². The van der Waals surface area contributed by atoms with Crippen LogP contribution < -0.4 is 26.8 Å². The van der Waals surface area contributed by atoms with Gasteiger partial charge in [0.1, 0.15) is 28.6 Å². The van der Waals surface area contributed by atoms with E-state index in [2.05, 4.69) is 26.1 Å². The predicted molar refractivity (Wildman–Crippen MR) is 166 cm³/mol. The van der Waals surface area contributed by atoms with Crippen LogP contribution in [-0.4, -0.2) is 33.6 Å². The van der Waals surface area contributed by atoms with Gasteiger partial charge in [-0.2, -0.15) is 0 Å². The molecule has 41 heavy (non-hydrogen) atoms. The highest BCUT2D eigenvalue weighted by Crippen LogP contribution is 2.38. The van der Waals surface area contributed by atoms with Crippen molar-refractivity contribution in [1.82, 2.24) is 14.4 Å². The van der Waals surface area contributed by atoms with E-state index < -0.39 is 6.03 Å². The molecule has 3 aromatic carbocycles. The highest BCUT2D eigenvalue weighted by Gasteiger charge is 2.22. The lowest BCUT2D eigenvalue weighted by Gasteiger charge is -2.20. The summed E-state index contributed by atoms with van der Waals surface area (Å²) in [6.07, 6.45) is 6.65. The second-order valence-corrected chi connectivity index (χ2v) is 10.6. The van der Waals surface area contributed by atoms with Crippen molar-refractivity contribution in [2.75, 3.05) is 23.5 Å². The van der Waals surface area contributed by atoms with Gasteiger partial charge in [0.05, 0.1) is 30.4 Å². The summed E-state index contributed by atoms with van der Waals surface area (Å²) in [4.78, 5) is 22.6. The Balaban J connectivity index is 1.41. The molecular weight excluding hydrogens is 538 g/mol. The predicted octanol–water partition coefficient (Wildman–Crippen LogP) is 6.64. The number of methoxy groups -OCH3 is 1. The Labute approximate surface area is 242 Å². The molecule has 0 saturated carbocycles. The van der Waals surface area contributed by atoms with Crippen LogP contribution in [0, 0.1) is 6.92 Å². The lowest BCUT2D eigenvalue weighted by atomic mass is 9.94. The number of nitrogens with zero attached hydrogens (tertiary/aromatic N) is 3. The number of hydrogen-bond donors (Lipinski definition) is 4. The zero-order chi connectivity index (χ0) is 28.7. The molecule has 2 amide bonds. The Morgan fingerprint density at radius 2 is 1.88 bits per heavy atom. The van der Waals surface area contributed by atoms with E-state index in [9.17, 15) is 4.79 Å². The van der Waals surface area contributed by atoms with Crippen molar-refractivity contribution in [3.8, 4) is 17.0 Å². The fourth-order valence-corrected chi connectivity index (χ4v) is 5.65. The molecule has 0 saturated heterocycles. The van der Waals surface area contributed by atoms with Crippen LogP contribution in [0.4, 0.5) is 22.0 Å². The molecule has 0 spiro atoms. The fourth-order valence-electron chi connectivity index (χ4n) is 5.48. The fraction of sp³-hybridized carbons (Fsp3) is 0.194. The van der Waals surface area contributed by atoms with Crippen LogP contribution in [0.25, 0.3) is 33.1 Å². The zero-order valence-electron chi connectivity index (χ0n) is 22.7. The lowest BCUT2D eigenvalue weighted by molar-refractivity contribution is 0.262. The van der Waals surface area contributed by atoms with Crippen LogP contribution in [-0.2, 0) is 0 Å². The van der Waals surface area contributed by atoms with Crippen molar-refractivity contribution < 1.29 is 9.53 Å². The maximum atomic E-state index is 13.0. The minimum atomic E-state index is -0.426. The summed E-state index contributed by atoms with van der Waals surface area (Å²) in [7, 11) is 1.53. The molecule has 208 valence electrons. The first-order valence-corrected chi connectivity index (χ1v) is 13.7. The molecule has 1 unspecified atom stereocenters. The van der Waals surface area contributed by atoms with Gasteiger partial charge in [-0.25, -0.2) is 14.8 Å². The number of anilines is 3. The maximum Gasteiger partial charge on any atom is 0.323 e. The summed E-state index contributed by atoms with van der Waals surface area (Å²) in [5.41, 5.74) is 18.3. The molecule has 0 aliphatic heterocycles. The number of halogens is 1. The van der Waals surface area contributed by atoms with Crippen LogP contribution in [0.2, 0.25) is 5.02 Å². The van der Waals surface area contributed by atoms with Gasteiger partial charge in [0.15, 0.2) is 0 Å². The summed E-state index contributed by atoms with van der Waals surface area (Å²) >= 11 is 6.13. The molecule has 2 aromatic heterocycles. The Morgan fingerprint density at radius 3 is 2.63 bits per heavy atom. The van der Waals surface area contributed by atoms with Crippen LogP contribution in [0.5, 0.6) is 5.75 Å². The van der Waals surface area contributed by atoms with E-state index in [1.54, 1.807) is 18.2 Å². The third kappa shape index (κ3) is 4.94. The number of nitrogens with two attached hydrogens (primary N) is 2. The normalized spacial score (nSPS) is 15.1. The third-order valence-corrected chi connectivity index (χ3v) is 7.71. The Hall–Kier alpha value is -4.60. The van der Waals surface area contributed by atoms with E-state index in [-0.39, 0.29) is 6.04 Å². The van der Waals surface area contributed by atoms with Gasteiger partial charge < -0.3 is 26.8 Å². The van der Waals surface area contributed by atoms with E-state index in [1.165, 1.54) is 12.7 Å². The first kappa shape index (κ1) is 26.6. The second kappa shape index (κ2) is 10.8. The van der Waals surface area contributed by atoms with E-state index in [4.69, 9.17) is 32.8 Å². The topological polar surface area (TPSA) is 133 Å². The van der Waals surface area contributed by atoms with Gasteiger partial charge in [-0.3, -0.25) is 4.40 Å². The SMILES string of the molecule is COc1ccc(Cl)cc1NC(=O)Nc1ccc(-c2nc(C)n3c(C4=CCC(N)CC4)cnc(N)c23)c2ccccc12. The molecule has 9 nitrogen and oxygen atoms in total. The number of fused-ring (bicyclic) bond motifs is 2. The van der Waals surface area contributed by atoms with E-state index in [1.807, 2.05) is 49.5 Å². The lowest BCUT2D eigenvalue weighted by Crippen LogP contribution is -2.21. The summed E-state index contributed by atoms with van der Waals surface area (Å²) < 4.78 is 7.44. The molecule has 0 bridgehead atoms. The number of benzene rings is 3. The van der Waals surface area contributed by atoms with Crippen LogP contribution in [0.1, 0.15) is 30.8 Å². The average molecular weight is 568 g/mol. The van der Waals surface area contributed by atoms with Gasteiger partial charge in [-0.05, 0) is 61.4 Å². The van der Waals surface area contributed by atoms with E-state index >= 15 is 0 Å². The molecule has 6 N–H and O–H groups in total. The third-order valence-electron chi connectivity index (χ3n) is 7.47. The van der Waals surface area contributed by atoms with Gasteiger partial charge in [-0.1, -0.05) is 48.0 Å². The average Bonchev–Trinajstić information content (AvgIpc) is 3.32. The number of aryl methyl sites for hydroxylation is 1. The molecule has 6 rings (SSSR count). The number of nitrogens with one attached hydrogen (secondary N) is 2. The van der Waals surface area contributed by atoms with Gasteiger partial charge in [0.2, 0.25) is 0 Å². The number of urea groups is 1. The largest absolute Gasteiger partial charge is 0.495 e. The van der Waals surface area contributed by atoms with Crippen molar-refractivity contribution >= 4 is 56.7 Å². The zero-order valence-corrected chi connectivity index (χ0v) is 23.5. The standard InChI is InChI=1S/C31H30ClN7O2/c1-17-36-28(29-30(34)35-16-26(39(17)29)18-7-10-20(33)11-8-18)23-12-13-24(22-6-4-3-5-21(22)23)37-31(40)38-25-15-19(32)9-14-27(25)41-2/h3-7,9,12-16,20H,8,10-11,33H2,1-2H3,(H2,34,35)(H2,37,38,40). The molecular formula is C31H30ClN7O2. The summed E-state index contributed by atoms with van der Waals surface area (Å²) in [5.74, 6) is 1.72. The van der Waals surface area contributed by atoms with Gasteiger partial charge >= 0.3 is 6.03 Å². The van der Waals surface area contributed by atoms with Crippen molar-refractivity contribution in [1.29, 1.82) is 0 Å². The minimum Gasteiger partial charge on any atom is -0.495 e. The number of aromatic nitrogens is 3. The van der Waals surface area contributed by atoms with Crippen LogP contribution in [0.3, 0.4) is 0 Å². The number of carbonyl (C=O) groups excluding carboxylic acids is 1. The maximum absolute atomic E-state index is 13.0. The summed E-state index contributed by atoms with van der Waals surface area (Å²) in [6, 6.07) is 16.5. The molecule has 10 heteroatoms. The van der Waals surface area contributed by atoms with Crippen molar-refractivity contribution in [3.63, 3.8) is 0 Å². The van der Waals surface area contributed by atoms with Crippen molar-refractivity contribution in [3.05, 3.63) is 83.4 Å². The number of ether oxygens (including phenoxy) is 1. The highest BCUT2D eigenvalue weighted by atomic mass is 35.5. The number of rotatable bonds is 5. The van der Waals surface area contributed by atoms with Crippen molar-refractivity contribution in [2.24, 2.45) is 5.73 Å². The monoisotopic (exact) mass is 567 g/mol. The molecule has 1 aliphatic carbocycles. The number of amides is 2. The summed E-state index contributed by atoms with van der Waals surface area (Å²) in [5, 5.41) is 8.04. The van der Waals surface area contributed by atoms with E-state index in [0.717, 1.165) is 58.3 Å². The van der Waals surface area contributed by atoms with Gasteiger partial charge in [0.25, 0.3) is 0 Å². The molecule has 1 atom stereocenters. The Bertz CT molecular complexity index is 1850. The minimum absolute atomic E-state index is 0.184. The Kier molecular flexibility index (Phi) is 6.98. The van der Waals surface area contributed by atoms with E-state index in [0.29, 0.717) is 28.0 Å². The van der Waals surface area contributed by atoms with Gasteiger partial charge in [-0.15, -0.1) is 0 Å². The van der Waals surface area contributed by atoms with Crippen LogP contribution in [0.15, 0.2) is 66.9 Å². The molecule has 2 heterocycles. The number of nitrogen functional groups attached to an aromatic ring is 1. The molecule has 0 fully saturated rings. The van der Waals surface area contributed by atoms with Gasteiger partial charge in [0, 0.05) is 22.0 Å². The Morgan fingerprint density at radius 1 is 1.10 bits per heavy atom. The second-order valence-electron chi connectivity index (χ2n) is 10.1. The quantitative estimate of drug-likeness (QED) is 0.188. The smallest absolute Gasteiger partial charge is 0.323 e. The first-order chi connectivity index (χ1) is 19.8. The number of carbonyl (C=O) groups is 1. The molecule has 0 radical (unpaired) electrons. The first-order valence-electron chi connectivity index (χ1n) is 13.4.